The molecule has 1 rings (SSSR count). The smallest absolute Gasteiger partial charge is 0.159 e. The summed E-state index contributed by atoms with van der Waals surface area (Å²) >= 11 is 0. The van der Waals surface area contributed by atoms with Crippen molar-refractivity contribution in [2.45, 2.75) is 46.5 Å². The highest BCUT2D eigenvalue weighted by molar-refractivity contribution is 5.93. The number of carbonyl (C=O) groups is 2. The molecule has 0 heterocycles. The van der Waals surface area contributed by atoms with E-state index in [2.05, 4.69) is 6.92 Å². The average Bonchev–Trinajstić information content (AvgIpc) is 2.37. The van der Waals surface area contributed by atoms with Gasteiger partial charge in [-0.2, -0.15) is 0 Å². The minimum atomic E-state index is 0.121. The van der Waals surface area contributed by atoms with Crippen LogP contribution in [0.15, 0.2) is 30.3 Å². The molecule has 2 nitrogen and oxygen atoms in total. The zero-order valence-corrected chi connectivity index (χ0v) is 11.0. The Morgan fingerprint density at radius 2 is 1.65 bits per heavy atom. The minimum absolute atomic E-state index is 0.121. The third-order valence-corrected chi connectivity index (χ3v) is 2.38. The summed E-state index contributed by atoms with van der Waals surface area (Å²) in [5, 5.41) is 0. The summed E-state index contributed by atoms with van der Waals surface area (Å²) in [6.07, 6.45) is 3.69. The molecular formula is C15H22O2. The van der Waals surface area contributed by atoms with Gasteiger partial charge in [-0.3, -0.25) is 9.59 Å². The van der Waals surface area contributed by atoms with E-state index in [9.17, 15) is 9.59 Å². The van der Waals surface area contributed by atoms with Gasteiger partial charge in [0.05, 0.1) is 0 Å². The highest BCUT2D eigenvalue weighted by Crippen LogP contribution is 1.97. The summed E-state index contributed by atoms with van der Waals surface area (Å²) in [6, 6.07) is 9.23. The monoisotopic (exact) mass is 234 g/mol. The molecule has 17 heavy (non-hydrogen) atoms. The van der Waals surface area contributed by atoms with Crippen LogP contribution in [-0.2, 0) is 4.79 Å². The molecule has 0 radical (unpaired) electrons. The fraction of sp³-hybridized carbons (Fsp3) is 0.467. The van der Waals surface area contributed by atoms with Crippen LogP contribution in [0.4, 0.5) is 0 Å². The summed E-state index contributed by atoms with van der Waals surface area (Å²) in [4.78, 5) is 21.2. The van der Waals surface area contributed by atoms with Crippen LogP contribution in [0.3, 0.4) is 0 Å². The van der Waals surface area contributed by atoms with Crippen molar-refractivity contribution < 1.29 is 9.59 Å². The molecule has 1 aromatic rings. The molecule has 0 atom stereocenters. The molecule has 1 aromatic carbocycles. The summed E-state index contributed by atoms with van der Waals surface area (Å²) < 4.78 is 0. The number of benzene rings is 1. The fourth-order valence-electron chi connectivity index (χ4n) is 1.22. The molecular weight excluding hydrogens is 212 g/mol. The highest BCUT2D eigenvalue weighted by atomic mass is 16.1. The van der Waals surface area contributed by atoms with E-state index >= 15 is 0 Å². The van der Waals surface area contributed by atoms with Crippen molar-refractivity contribution >= 4 is 11.6 Å². The predicted molar refractivity (Wildman–Crippen MR) is 71.3 cm³/mol. The average molecular weight is 234 g/mol. The summed E-state index contributed by atoms with van der Waals surface area (Å²) in [7, 11) is 0. The van der Waals surface area contributed by atoms with Gasteiger partial charge in [0.25, 0.3) is 0 Å². The van der Waals surface area contributed by atoms with Crippen molar-refractivity contribution in [2.75, 3.05) is 0 Å². The van der Waals surface area contributed by atoms with Crippen molar-refractivity contribution in [1.29, 1.82) is 0 Å². The van der Waals surface area contributed by atoms with Crippen LogP contribution in [0, 0.1) is 0 Å². The van der Waals surface area contributed by atoms with E-state index < -0.39 is 0 Å². The Bertz CT molecular complexity index is 328. The number of hydrogen-bond acceptors (Lipinski definition) is 2. The quantitative estimate of drug-likeness (QED) is 0.720. The number of ketones is 2. The molecule has 0 aromatic heterocycles. The first-order valence-corrected chi connectivity index (χ1v) is 6.19. The van der Waals surface area contributed by atoms with Gasteiger partial charge in [-0.1, -0.05) is 50.6 Å². The van der Waals surface area contributed by atoms with Gasteiger partial charge in [0.2, 0.25) is 0 Å². The molecule has 2 heteroatoms. The fourth-order valence-corrected chi connectivity index (χ4v) is 1.22. The van der Waals surface area contributed by atoms with E-state index in [1.807, 2.05) is 37.3 Å². The lowest BCUT2D eigenvalue weighted by Gasteiger charge is -1.91. The topological polar surface area (TPSA) is 34.1 Å². The first kappa shape index (κ1) is 15.6. The third kappa shape index (κ3) is 8.38. The maximum atomic E-state index is 10.6. The minimum Gasteiger partial charge on any atom is -0.300 e. The van der Waals surface area contributed by atoms with Crippen LogP contribution in [0.1, 0.15) is 56.8 Å². The van der Waals surface area contributed by atoms with Crippen molar-refractivity contribution in [1.82, 2.24) is 0 Å². The SMILES string of the molecule is CC(=O)c1ccccc1.CCCCC(=O)CC. The van der Waals surface area contributed by atoms with Crippen LogP contribution in [0.2, 0.25) is 0 Å². The van der Waals surface area contributed by atoms with Gasteiger partial charge in [-0.05, 0) is 13.3 Å². The zero-order chi connectivity index (χ0) is 13.1. The molecule has 0 saturated heterocycles. The van der Waals surface area contributed by atoms with E-state index in [0.717, 1.165) is 24.8 Å². The molecule has 0 bridgehead atoms. The van der Waals surface area contributed by atoms with Crippen LogP contribution < -0.4 is 0 Å². The van der Waals surface area contributed by atoms with Crippen LogP contribution in [0.5, 0.6) is 0 Å². The van der Waals surface area contributed by atoms with E-state index in [0.29, 0.717) is 12.2 Å². The number of rotatable bonds is 5. The number of unbranched alkanes of at least 4 members (excludes halogenated alkanes) is 1. The Morgan fingerprint density at radius 3 is 2.00 bits per heavy atom. The second-order valence-corrected chi connectivity index (χ2v) is 3.92. The summed E-state index contributed by atoms with van der Waals surface area (Å²) in [5.74, 6) is 0.516. The predicted octanol–water partition coefficient (Wildman–Crippen LogP) is 4.04. The Labute approximate surface area is 104 Å². The van der Waals surface area contributed by atoms with Gasteiger partial charge in [-0.25, -0.2) is 0 Å². The van der Waals surface area contributed by atoms with Crippen LogP contribution in [-0.4, -0.2) is 11.6 Å². The van der Waals surface area contributed by atoms with E-state index in [4.69, 9.17) is 0 Å². The standard InChI is InChI=1S/C8H8O.C7H14O/c1-7(9)8-5-3-2-4-6-8;1-3-5-6-7(8)4-2/h2-6H,1H3;3-6H2,1-2H3. The first-order chi connectivity index (χ1) is 8.11. The first-order valence-electron chi connectivity index (χ1n) is 6.19. The van der Waals surface area contributed by atoms with Gasteiger partial charge >= 0.3 is 0 Å². The molecule has 0 unspecified atom stereocenters. The second-order valence-electron chi connectivity index (χ2n) is 3.92. The maximum absolute atomic E-state index is 10.6. The Balaban J connectivity index is 0.000000304. The van der Waals surface area contributed by atoms with Crippen molar-refractivity contribution in [3.05, 3.63) is 35.9 Å². The van der Waals surface area contributed by atoms with E-state index in [-0.39, 0.29) is 5.78 Å². The van der Waals surface area contributed by atoms with E-state index in [1.165, 1.54) is 0 Å². The molecule has 0 saturated carbocycles. The largest absolute Gasteiger partial charge is 0.300 e. The third-order valence-electron chi connectivity index (χ3n) is 2.38. The van der Waals surface area contributed by atoms with Gasteiger partial charge in [0, 0.05) is 18.4 Å². The Kier molecular flexibility index (Phi) is 8.94. The van der Waals surface area contributed by atoms with Crippen molar-refractivity contribution in [2.24, 2.45) is 0 Å². The highest BCUT2D eigenvalue weighted by Gasteiger charge is 1.94. The second kappa shape index (κ2) is 9.76. The zero-order valence-electron chi connectivity index (χ0n) is 11.0. The molecule has 0 aliphatic carbocycles. The summed E-state index contributed by atoms with van der Waals surface area (Å²) in [5.41, 5.74) is 0.775. The maximum Gasteiger partial charge on any atom is 0.159 e. The molecule has 94 valence electrons. The number of Topliss-reactive ketones (excluding diaryl/α,β-unsaturated/α-hetero) is 2. The Morgan fingerprint density at radius 1 is 1.06 bits per heavy atom. The van der Waals surface area contributed by atoms with E-state index in [1.54, 1.807) is 6.92 Å². The number of hydrogen-bond donors (Lipinski definition) is 0. The summed E-state index contributed by atoms with van der Waals surface area (Å²) in [6.45, 7) is 5.58. The molecule has 0 spiro atoms. The lowest BCUT2D eigenvalue weighted by atomic mass is 10.1. The number of carbonyl (C=O) groups excluding carboxylic acids is 2. The van der Waals surface area contributed by atoms with Crippen LogP contribution in [0.25, 0.3) is 0 Å². The van der Waals surface area contributed by atoms with Crippen LogP contribution >= 0.6 is 0 Å². The lowest BCUT2D eigenvalue weighted by molar-refractivity contribution is -0.118. The molecule has 0 N–H and O–H groups in total. The van der Waals surface area contributed by atoms with Gasteiger partial charge < -0.3 is 0 Å². The Hall–Kier alpha value is -1.44. The van der Waals surface area contributed by atoms with Crippen molar-refractivity contribution in [3.63, 3.8) is 0 Å². The van der Waals surface area contributed by atoms with Crippen molar-refractivity contribution in [3.8, 4) is 0 Å². The molecule has 0 aliphatic heterocycles. The normalized spacial score (nSPS) is 9.12. The van der Waals surface area contributed by atoms with Gasteiger partial charge in [-0.15, -0.1) is 0 Å². The molecule has 0 fully saturated rings. The lowest BCUT2D eigenvalue weighted by Crippen LogP contribution is -1.92. The molecule has 0 amide bonds. The van der Waals surface area contributed by atoms with Gasteiger partial charge in [0.15, 0.2) is 5.78 Å². The molecule has 0 aliphatic rings. The van der Waals surface area contributed by atoms with Gasteiger partial charge in [0.1, 0.15) is 5.78 Å².